The molecule has 0 aliphatic heterocycles. The number of aliphatic hydroxyl groups excluding tert-OH is 1. The molecule has 94 valence electrons. The van der Waals surface area contributed by atoms with Crippen LogP contribution in [0, 0.1) is 0 Å². The molecule has 0 spiro atoms. The molecule has 0 unspecified atom stereocenters. The van der Waals surface area contributed by atoms with Gasteiger partial charge in [0.2, 0.25) is 0 Å². The molecule has 3 rings (SSSR count). The Bertz CT molecular complexity index is 632. The highest BCUT2D eigenvalue weighted by Gasteiger charge is 2.30. The van der Waals surface area contributed by atoms with Crippen LogP contribution in [0.25, 0.3) is 11.0 Å². The van der Waals surface area contributed by atoms with Crippen molar-refractivity contribution in [2.45, 2.75) is 25.0 Å². The van der Waals surface area contributed by atoms with Crippen LogP contribution in [0.1, 0.15) is 29.2 Å². The van der Waals surface area contributed by atoms with Gasteiger partial charge in [-0.3, -0.25) is 0 Å². The van der Waals surface area contributed by atoms with Crippen LogP contribution in [-0.2, 0) is 0 Å². The molecule has 0 saturated heterocycles. The molecule has 1 aromatic carbocycles. The Kier molecular flexibility index (Phi) is 2.64. The van der Waals surface area contributed by atoms with Gasteiger partial charge < -0.3 is 14.8 Å². The number of carboxylic acid groups (broad SMARTS) is 1. The first-order chi connectivity index (χ1) is 8.56. The molecular weight excluding hydrogens is 300 g/mol. The van der Waals surface area contributed by atoms with Gasteiger partial charge in [0.05, 0.1) is 29.0 Å². The third kappa shape index (κ3) is 1.72. The molecule has 1 saturated carbocycles. The Hall–Kier alpha value is -1.40. The Labute approximate surface area is 111 Å². The number of fused-ring (bicyclic) bond motifs is 1. The van der Waals surface area contributed by atoms with Crippen molar-refractivity contribution >= 4 is 32.9 Å². The average Bonchev–Trinajstić information content (AvgIpc) is 2.68. The third-order valence-electron chi connectivity index (χ3n) is 3.35. The summed E-state index contributed by atoms with van der Waals surface area (Å²) < 4.78 is 2.72. The van der Waals surface area contributed by atoms with Gasteiger partial charge in [-0.1, -0.05) is 0 Å². The summed E-state index contributed by atoms with van der Waals surface area (Å²) in [5, 5.41) is 18.3. The predicted octanol–water partition coefficient (Wildman–Crippen LogP) is 2.19. The Morgan fingerprint density at radius 2 is 2.17 bits per heavy atom. The molecular formula is C12H11BrN2O3. The summed E-state index contributed by atoms with van der Waals surface area (Å²) in [7, 11) is 0. The number of halogens is 1. The monoisotopic (exact) mass is 310 g/mol. The molecule has 0 amide bonds. The molecule has 2 N–H and O–H groups in total. The summed E-state index contributed by atoms with van der Waals surface area (Å²) in [6.07, 6.45) is 2.92. The van der Waals surface area contributed by atoms with E-state index in [4.69, 9.17) is 5.11 Å². The Morgan fingerprint density at radius 1 is 1.44 bits per heavy atom. The summed E-state index contributed by atoms with van der Waals surface area (Å²) in [5.74, 6) is -0.966. The number of hydrogen-bond acceptors (Lipinski definition) is 3. The van der Waals surface area contributed by atoms with E-state index in [9.17, 15) is 9.90 Å². The van der Waals surface area contributed by atoms with Crippen molar-refractivity contribution in [3.63, 3.8) is 0 Å². The van der Waals surface area contributed by atoms with Gasteiger partial charge in [-0.2, -0.15) is 0 Å². The van der Waals surface area contributed by atoms with Gasteiger partial charge in [0.15, 0.2) is 0 Å². The topological polar surface area (TPSA) is 75.3 Å². The molecule has 1 aliphatic rings. The highest BCUT2D eigenvalue weighted by Crippen LogP contribution is 2.36. The second-order valence-corrected chi connectivity index (χ2v) is 5.42. The van der Waals surface area contributed by atoms with Gasteiger partial charge >= 0.3 is 5.97 Å². The fraction of sp³-hybridized carbons (Fsp3) is 0.333. The normalized spacial score (nSPS) is 23.0. The van der Waals surface area contributed by atoms with E-state index < -0.39 is 5.97 Å². The minimum Gasteiger partial charge on any atom is -0.478 e. The molecule has 5 nitrogen and oxygen atoms in total. The number of nitrogens with zero attached hydrogens (tertiary/aromatic N) is 2. The second-order valence-electron chi connectivity index (χ2n) is 4.56. The number of aromatic nitrogens is 2. The molecule has 1 fully saturated rings. The zero-order valence-corrected chi connectivity index (χ0v) is 11.0. The first kappa shape index (κ1) is 11.7. The van der Waals surface area contributed by atoms with E-state index >= 15 is 0 Å². The zero-order chi connectivity index (χ0) is 12.9. The molecule has 6 heteroatoms. The average molecular weight is 311 g/mol. The minimum atomic E-state index is -0.966. The van der Waals surface area contributed by atoms with Crippen LogP contribution in [0.3, 0.4) is 0 Å². The smallest absolute Gasteiger partial charge is 0.335 e. The van der Waals surface area contributed by atoms with Crippen LogP contribution in [0.4, 0.5) is 0 Å². The summed E-state index contributed by atoms with van der Waals surface area (Å²) in [4.78, 5) is 15.2. The molecule has 0 atom stereocenters. The maximum absolute atomic E-state index is 11.0. The molecule has 18 heavy (non-hydrogen) atoms. The number of hydrogen-bond donors (Lipinski definition) is 2. The van der Waals surface area contributed by atoms with E-state index in [1.807, 2.05) is 4.57 Å². The van der Waals surface area contributed by atoms with Crippen molar-refractivity contribution in [2.75, 3.05) is 0 Å². The van der Waals surface area contributed by atoms with Crippen LogP contribution >= 0.6 is 15.9 Å². The van der Waals surface area contributed by atoms with Gasteiger partial charge in [-0.25, -0.2) is 9.78 Å². The van der Waals surface area contributed by atoms with Crippen LogP contribution in [0.15, 0.2) is 22.9 Å². The highest BCUT2D eigenvalue weighted by molar-refractivity contribution is 9.10. The molecule has 2 aromatic rings. The fourth-order valence-corrected chi connectivity index (χ4v) is 2.96. The van der Waals surface area contributed by atoms with E-state index in [2.05, 4.69) is 20.9 Å². The number of benzene rings is 1. The first-order valence-electron chi connectivity index (χ1n) is 5.63. The molecule has 1 aromatic heterocycles. The second kappa shape index (κ2) is 4.07. The third-order valence-corrected chi connectivity index (χ3v) is 3.96. The zero-order valence-electron chi connectivity index (χ0n) is 9.38. The lowest BCUT2D eigenvalue weighted by Gasteiger charge is -2.32. The fourth-order valence-electron chi connectivity index (χ4n) is 2.31. The van der Waals surface area contributed by atoms with Gasteiger partial charge in [-0.05, 0) is 40.9 Å². The lowest BCUT2D eigenvalue weighted by molar-refractivity contribution is 0.0501. The molecule has 0 bridgehead atoms. The summed E-state index contributed by atoms with van der Waals surface area (Å²) in [6.45, 7) is 0. The lowest BCUT2D eigenvalue weighted by Crippen LogP contribution is -2.30. The largest absolute Gasteiger partial charge is 0.478 e. The van der Waals surface area contributed by atoms with E-state index in [-0.39, 0.29) is 17.7 Å². The number of imidazole rings is 1. The maximum Gasteiger partial charge on any atom is 0.335 e. The molecule has 1 aliphatic carbocycles. The van der Waals surface area contributed by atoms with Crippen molar-refractivity contribution in [3.8, 4) is 0 Å². The number of aromatic carboxylic acids is 1. The van der Waals surface area contributed by atoms with E-state index in [0.29, 0.717) is 5.52 Å². The highest BCUT2D eigenvalue weighted by atomic mass is 79.9. The predicted molar refractivity (Wildman–Crippen MR) is 68.7 cm³/mol. The van der Waals surface area contributed by atoms with Crippen LogP contribution in [0.5, 0.6) is 0 Å². The summed E-state index contributed by atoms with van der Waals surface area (Å²) >= 11 is 3.40. The van der Waals surface area contributed by atoms with Crippen LogP contribution in [-0.4, -0.2) is 31.8 Å². The summed E-state index contributed by atoms with van der Waals surface area (Å²) in [5.41, 5.74) is 1.76. The number of carboxylic acids is 1. The number of aliphatic hydroxyl groups is 1. The van der Waals surface area contributed by atoms with E-state index in [0.717, 1.165) is 22.8 Å². The standard InChI is InChI=1S/C12H11BrN2O3/c13-9-1-6(12(17)18)2-10-11(9)15(5-14-10)7-3-8(16)4-7/h1-2,5,7-8,16H,3-4H2,(H,17,18)/t7-,8+. The quantitative estimate of drug-likeness (QED) is 0.891. The van der Waals surface area contributed by atoms with E-state index in [1.165, 1.54) is 0 Å². The lowest BCUT2D eigenvalue weighted by atomic mass is 9.89. The number of rotatable bonds is 2. The van der Waals surface area contributed by atoms with Gasteiger partial charge in [0.25, 0.3) is 0 Å². The van der Waals surface area contributed by atoms with Crippen molar-refractivity contribution in [3.05, 3.63) is 28.5 Å². The van der Waals surface area contributed by atoms with Crippen molar-refractivity contribution < 1.29 is 15.0 Å². The van der Waals surface area contributed by atoms with Crippen LogP contribution < -0.4 is 0 Å². The maximum atomic E-state index is 11.0. The van der Waals surface area contributed by atoms with Crippen LogP contribution in [0.2, 0.25) is 0 Å². The van der Waals surface area contributed by atoms with Crippen molar-refractivity contribution in [1.82, 2.24) is 9.55 Å². The Morgan fingerprint density at radius 3 is 2.78 bits per heavy atom. The van der Waals surface area contributed by atoms with Gasteiger partial charge in [0.1, 0.15) is 0 Å². The van der Waals surface area contributed by atoms with Crippen molar-refractivity contribution in [2.24, 2.45) is 0 Å². The Balaban J connectivity index is 2.11. The SMILES string of the molecule is O=C(O)c1cc(Br)c2c(c1)ncn2[C@H]1C[C@@H](O)C1. The van der Waals surface area contributed by atoms with E-state index in [1.54, 1.807) is 18.5 Å². The minimum absolute atomic E-state index is 0.216. The number of carbonyl (C=O) groups is 1. The van der Waals surface area contributed by atoms with Gasteiger partial charge in [-0.15, -0.1) is 0 Å². The van der Waals surface area contributed by atoms with Gasteiger partial charge in [0, 0.05) is 10.5 Å². The summed E-state index contributed by atoms with van der Waals surface area (Å²) in [6, 6.07) is 3.39. The van der Waals surface area contributed by atoms with Crippen molar-refractivity contribution in [1.29, 1.82) is 0 Å². The molecule has 0 radical (unpaired) electrons. The molecule has 1 heterocycles. The first-order valence-corrected chi connectivity index (χ1v) is 6.43.